The molecule has 0 fully saturated rings. The van der Waals surface area contributed by atoms with Crippen LogP contribution < -0.4 is 5.32 Å². The van der Waals surface area contributed by atoms with Crippen molar-refractivity contribution in [3.8, 4) is 11.1 Å². The predicted molar refractivity (Wildman–Crippen MR) is 59.9 cm³/mol. The third-order valence-electron chi connectivity index (χ3n) is 2.94. The van der Waals surface area contributed by atoms with E-state index in [0.29, 0.717) is 0 Å². The first-order chi connectivity index (χ1) is 7.75. The molecule has 4 heteroatoms. The van der Waals surface area contributed by atoms with Crippen molar-refractivity contribution in [2.24, 2.45) is 0 Å². The first-order valence-corrected chi connectivity index (χ1v) is 5.19. The van der Waals surface area contributed by atoms with E-state index in [1.54, 1.807) is 6.20 Å². The molecule has 0 aliphatic carbocycles. The third kappa shape index (κ3) is 1.23. The van der Waals surface area contributed by atoms with Gasteiger partial charge in [0.1, 0.15) is 0 Å². The van der Waals surface area contributed by atoms with E-state index < -0.39 is 0 Å². The van der Waals surface area contributed by atoms with Crippen LogP contribution in [0.15, 0.2) is 30.6 Å². The molecule has 1 aliphatic heterocycles. The molecule has 1 aliphatic rings. The van der Waals surface area contributed by atoms with Crippen molar-refractivity contribution < 1.29 is 4.79 Å². The van der Waals surface area contributed by atoms with Crippen molar-refractivity contribution in [1.29, 1.82) is 0 Å². The van der Waals surface area contributed by atoms with Gasteiger partial charge in [-0.3, -0.25) is 9.89 Å². The number of hydrogen-bond donors (Lipinski definition) is 2. The van der Waals surface area contributed by atoms with Gasteiger partial charge >= 0.3 is 0 Å². The number of amides is 1. The third-order valence-corrected chi connectivity index (χ3v) is 2.94. The molecule has 0 unspecified atom stereocenters. The minimum atomic E-state index is 0.00726. The molecule has 2 heterocycles. The molecule has 1 aromatic carbocycles. The number of hydrogen-bond acceptors (Lipinski definition) is 2. The van der Waals surface area contributed by atoms with Crippen LogP contribution in [0, 0.1) is 0 Å². The van der Waals surface area contributed by atoms with Crippen molar-refractivity contribution in [2.45, 2.75) is 13.0 Å². The van der Waals surface area contributed by atoms with E-state index in [-0.39, 0.29) is 11.9 Å². The van der Waals surface area contributed by atoms with Gasteiger partial charge in [-0.1, -0.05) is 12.1 Å². The van der Waals surface area contributed by atoms with Gasteiger partial charge in [0.05, 0.1) is 12.2 Å². The van der Waals surface area contributed by atoms with E-state index in [2.05, 4.69) is 15.5 Å². The van der Waals surface area contributed by atoms with Crippen molar-refractivity contribution in [2.75, 3.05) is 0 Å². The molecule has 2 aromatic rings. The Hall–Kier alpha value is -2.10. The molecule has 1 atom stereocenters. The summed E-state index contributed by atoms with van der Waals surface area (Å²) in [6.45, 7) is 1.99. The van der Waals surface area contributed by atoms with E-state index in [4.69, 9.17) is 0 Å². The van der Waals surface area contributed by atoms with E-state index in [1.165, 1.54) is 0 Å². The first-order valence-electron chi connectivity index (χ1n) is 5.19. The van der Waals surface area contributed by atoms with Crippen molar-refractivity contribution in [3.05, 3.63) is 41.7 Å². The van der Waals surface area contributed by atoms with Gasteiger partial charge in [0.2, 0.25) is 0 Å². The highest BCUT2D eigenvalue weighted by molar-refractivity contribution is 6.00. The molecule has 0 saturated carbocycles. The summed E-state index contributed by atoms with van der Waals surface area (Å²) in [5, 5.41) is 9.56. The Bertz CT molecular complexity index is 545. The quantitative estimate of drug-likeness (QED) is 0.759. The molecule has 0 bridgehead atoms. The van der Waals surface area contributed by atoms with Crippen molar-refractivity contribution in [1.82, 2.24) is 15.5 Å². The highest BCUT2D eigenvalue weighted by atomic mass is 16.2. The van der Waals surface area contributed by atoms with E-state index in [9.17, 15) is 4.79 Å². The van der Waals surface area contributed by atoms with E-state index in [1.807, 2.05) is 31.3 Å². The maximum Gasteiger partial charge on any atom is 0.252 e. The van der Waals surface area contributed by atoms with Crippen LogP contribution in [-0.4, -0.2) is 16.1 Å². The van der Waals surface area contributed by atoms with Gasteiger partial charge in [0.15, 0.2) is 0 Å². The van der Waals surface area contributed by atoms with Gasteiger partial charge in [0, 0.05) is 17.3 Å². The molecule has 0 saturated heterocycles. The lowest BCUT2D eigenvalue weighted by atomic mass is 10.0. The summed E-state index contributed by atoms with van der Waals surface area (Å²) in [6.07, 6.45) is 3.57. The SMILES string of the molecule is C[C@H]1NC(=O)c2cc(-c3cn[nH]c3)ccc21. The lowest BCUT2D eigenvalue weighted by molar-refractivity contribution is 0.0958. The number of aromatic amines is 1. The zero-order valence-electron chi connectivity index (χ0n) is 8.82. The second-order valence-electron chi connectivity index (χ2n) is 3.98. The lowest BCUT2D eigenvalue weighted by Gasteiger charge is -2.03. The summed E-state index contributed by atoms with van der Waals surface area (Å²) in [5.74, 6) is 0.00726. The second kappa shape index (κ2) is 3.20. The Morgan fingerprint density at radius 2 is 2.19 bits per heavy atom. The van der Waals surface area contributed by atoms with Gasteiger partial charge in [-0.25, -0.2) is 0 Å². The number of nitrogens with zero attached hydrogens (tertiary/aromatic N) is 1. The van der Waals surface area contributed by atoms with Crippen LogP contribution >= 0.6 is 0 Å². The van der Waals surface area contributed by atoms with E-state index >= 15 is 0 Å². The number of nitrogens with one attached hydrogen (secondary N) is 2. The minimum absolute atomic E-state index is 0.00726. The number of benzene rings is 1. The van der Waals surface area contributed by atoms with Gasteiger partial charge in [0.25, 0.3) is 5.91 Å². The Morgan fingerprint density at radius 1 is 1.31 bits per heavy atom. The minimum Gasteiger partial charge on any atom is -0.345 e. The number of carbonyl (C=O) groups excluding carboxylic acids is 1. The average Bonchev–Trinajstić information content (AvgIpc) is 2.88. The summed E-state index contributed by atoms with van der Waals surface area (Å²) >= 11 is 0. The topological polar surface area (TPSA) is 57.8 Å². The normalized spacial score (nSPS) is 18.3. The number of H-pyrrole nitrogens is 1. The zero-order chi connectivity index (χ0) is 11.1. The Labute approximate surface area is 92.7 Å². The molecule has 80 valence electrons. The molecule has 0 spiro atoms. The summed E-state index contributed by atoms with van der Waals surface area (Å²) in [5.41, 5.74) is 3.84. The lowest BCUT2D eigenvalue weighted by Crippen LogP contribution is -2.16. The van der Waals surface area contributed by atoms with E-state index in [0.717, 1.165) is 22.3 Å². The number of fused-ring (bicyclic) bond motifs is 1. The zero-order valence-corrected chi connectivity index (χ0v) is 8.82. The number of aromatic nitrogens is 2. The van der Waals surface area contributed by atoms with Crippen LogP contribution in [0.3, 0.4) is 0 Å². The molecule has 1 amide bonds. The largest absolute Gasteiger partial charge is 0.345 e. The Morgan fingerprint density at radius 3 is 2.94 bits per heavy atom. The Balaban J connectivity index is 2.13. The molecule has 0 radical (unpaired) electrons. The summed E-state index contributed by atoms with van der Waals surface area (Å²) in [7, 11) is 0. The van der Waals surface area contributed by atoms with Crippen LogP contribution in [0.2, 0.25) is 0 Å². The molecule has 4 nitrogen and oxygen atoms in total. The van der Waals surface area contributed by atoms with Gasteiger partial charge in [-0.15, -0.1) is 0 Å². The molecular weight excluding hydrogens is 202 g/mol. The van der Waals surface area contributed by atoms with Crippen LogP contribution in [0.5, 0.6) is 0 Å². The summed E-state index contributed by atoms with van der Waals surface area (Å²) in [6, 6.07) is 6.04. The van der Waals surface area contributed by atoms with Crippen LogP contribution in [0.1, 0.15) is 28.9 Å². The smallest absolute Gasteiger partial charge is 0.252 e. The second-order valence-corrected chi connectivity index (χ2v) is 3.98. The van der Waals surface area contributed by atoms with Crippen LogP contribution in [-0.2, 0) is 0 Å². The maximum atomic E-state index is 11.7. The number of carbonyl (C=O) groups is 1. The Kier molecular flexibility index (Phi) is 1.83. The average molecular weight is 213 g/mol. The molecule has 3 rings (SSSR count). The van der Waals surface area contributed by atoms with Gasteiger partial charge in [-0.05, 0) is 24.1 Å². The van der Waals surface area contributed by atoms with Crippen LogP contribution in [0.4, 0.5) is 0 Å². The highest BCUT2D eigenvalue weighted by Gasteiger charge is 2.25. The number of rotatable bonds is 1. The summed E-state index contributed by atoms with van der Waals surface area (Å²) < 4.78 is 0. The van der Waals surface area contributed by atoms with Gasteiger partial charge in [-0.2, -0.15) is 5.10 Å². The molecule has 1 aromatic heterocycles. The van der Waals surface area contributed by atoms with Gasteiger partial charge < -0.3 is 5.32 Å². The van der Waals surface area contributed by atoms with Crippen LogP contribution in [0.25, 0.3) is 11.1 Å². The van der Waals surface area contributed by atoms with Crippen molar-refractivity contribution in [3.63, 3.8) is 0 Å². The predicted octanol–water partition coefficient (Wildman–Crippen LogP) is 1.88. The molecular formula is C12H11N3O. The molecule has 2 N–H and O–H groups in total. The summed E-state index contributed by atoms with van der Waals surface area (Å²) in [4.78, 5) is 11.7. The fraction of sp³-hybridized carbons (Fsp3) is 0.167. The maximum absolute atomic E-state index is 11.7. The van der Waals surface area contributed by atoms with Crippen molar-refractivity contribution >= 4 is 5.91 Å². The molecule has 16 heavy (non-hydrogen) atoms. The highest BCUT2D eigenvalue weighted by Crippen LogP contribution is 2.29. The standard InChI is InChI=1S/C12H11N3O/c1-7-10-3-2-8(9-5-13-14-6-9)4-11(10)12(16)15-7/h2-7H,1H3,(H,13,14)(H,15,16)/t7-/m1/s1. The first kappa shape index (κ1) is 9.15. The fourth-order valence-electron chi connectivity index (χ4n) is 2.07. The fourth-order valence-corrected chi connectivity index (χ4v) is 2.07. The monoisotopic (exact) mass is 213 g/mol.